The topological polar surface area (TPSA) is 78.4 Å². The van der Waals surface area contributed by atoms with E-state index in [0.29, 0.717) is 12.4 Å². The van der Waals surface area contributed by atoms with E-state index in [1.165, 1.54) is 0 Å². The van der Waals surface area contributed by atoms with Gasteiger partial charge in [-0.05, 0) is 30.2 Å². The van der Waals surface area contributed by atoms with E-state index in [0.717, 1.165) is 11.3 Å². The van der Waals surface area contributed by atoms with Crippen LogP contribution in [0.3, 0.4) is 0 Å². The normalized spacial score (nSPS) is 10.2. The first-order valence-electron chi connectivity index (χ1n) is 6.67. The molecule has 1 aromatic heterocycles. The molecule has 0 saturated carbocycles. The van der Waals surface area contributed by atoms with Crippen molar-refractivity contribution in [3.63, 3.8) is 0 Å². The van der Waals surface area contributed by atoms with Crippen LogP contribution < -0.4 is 10.2 Å². The van der Waals surface area contributed by atoms with E-state index in [9.17, 15) is 4.79 Å². The summed E-state index contributed by atoms with van der Waals surface area (Å²) in [6.07, 6.45) is 3.88. The maximum Gasteiger partial charge on any atom is 0.243 e. The molecule has 2 rings (SSSR count). The SMILES string of the molecule is CN(CC(=O)Nc1ccc(CCO)cc1)c1ncccn1. The van der Waals surface area contributed by atoms with Gasteiger partial charge >= 0.3 is 0 Å². The zero-order valence-corrected chi connectivity index (χ0v) is 11.9. The van der Waals surface area contributed by atoms with Gasteiger partial charge in [-0.15, -0.1) is 0 Å². The Hall–Kier alpha value is -2.47. The number of nitrogens with one attached hydrogen (secondary N) is 1. The lowest BCUT2D eigenvalue weighted by Crippen LogP contribution is -2.31. The van der Waals surface area contributed by atoms with Crippen LogP contribution in [0.1, 0.15) is 5.56 Å². The Morgan fingerprint density at radius 2 is 1.90 bits per heavy atom. The first-order valence-corrected chi connectivity index (χ1v) is 6.67. The van der Waals surface area contributed by atoms with Crippen molar-refractivity contribution < 1.29 is 9.90 Å². The molecule has 0 aliphatic carbocycles. The second kappa shape index (κ2) is 7.35. The van der Waals surface area contributed by atoms with Crippen molar-refractivity contribution in [1.82, 2.24) is 9.97 Å². The van der Waals surface area contributed by atoms with Gasteiger partial charge < -0.3 is 15.3 Å². The van der Waals surface area contributed by atoms with Gasteiger partial charge in [0.05, 0.1) is 6.54 Å². The van der Waals surface area contributed by atoms with E-state index in [2.05, 4.69) is 15.3 Å². The molecule has 2 aromatic rings. The molecule has 1 aromatic carbocycles. The van der Waals surface area contributed by atoms with Crippen molar-refractivity contribution in [2.24, 2.45) is 0 Å². The third-order valence-corrected chi connectivity index (χ3v) is 2.91. The zero-order chi connectivity index (χ0) is 15.1. The van der Waals surface area contributed by atoms with E-state index < -0.39 is 0 Å². The van der Waals surface area contributed by atoms with E-state index in [1.54, 1.807) is 30.4 Å². The Balaban J connectivity index is 1.89. The summed E-state index contributed by atoms with van der Waals surface area (Å²) in [5, 5.41) is 11.7. The fraction of sp³-hybridized carbons (Fsp3) is 0.267. The van der Waals surface area contributed by atoms with Gasteiger partial charge in [0.15, 0.2) is 0 Å². The minimum Gasteiger partial charge on any atom is -0.396 e. The fourth-order valence-electron chi connectivity index (χ4n) is 1.86. The number of aliphatic hydroxyl groups is 1. The lowest BCUT2D eigenvalue weighted by atomic mass is 10.1. The van der Waals surface area contributed by atoms with Crippen molar-refractivity contribution >= 4 is 17.5 Å². The average molecular weight is 286 g/mol. The van der Waals surface area contributed by atoms with Crippen LogP contribution in [-0.2, 0) is 11.2 Å². The Morgan fingerprint density at radius 1 is 1.24 bits per heavy atom. The van der Waals surface area contributed by atoms with Crippen LogP contribution in [0.25, 0.3) is 0 Å². The molecule has 0 fully saturated rings. The van der Waals surface area contributed by atoms with Gasteiger partial charge in [-0.25, -0.2) is 9.97 Å². The van der Waals surface area contributed by atoms with E-state index >= 15 is 0 Å². The highest BCUT2D eigenvalue weighted by Gasteiger charge is 2.09. The number of likely N-dealkylation sites (N-methyl/N-ethyl adjacent to an activating group) is 1. The third-order valence-electron chi connectivity index (χ3n) is 2.91. The monoisotopic (exact) mass is 286 g/mol. The molecule has 2 N–H and O–H groups in total. The fourth-order valence-corrected chi connectivity index (χ4v) is 1.86. The molecule has 0 atom stereocenters. The Morgan fingerprint density at radius 3 is 2.52 bits per heavy atom. The third kappa shape index (κ3) is 4.54. The van der Waals surface area contributed by atoms with Crippen LogP contribution in [0, 0.1) is 0 Å². The zero-order valence-electron chi connectivity index (χ0n) is 11.9. The number of rotatable bonds is 6. The van der Waals surface area contributed by atoms with Crippen LogP contribution in [0.4, 0.5) is 11.6 Å². The minimum absolute atomic E-state index is 0.119. The number of carbonyl (C=O) groups excluding carboxylic acids is 1. The van der Waals surface area contributed by atoms with Gasteiger partial charge in [0.2, 0.25) is 11.9 Å². The molecule has 0 spiro atoms. The van der Waals surface area contributed by atoms with Crippen LogP contribution in [0.5, 0.6) is 0 Å². The number of nitrogens with zero attached hydrogens (tertiary/aromatic N) is 3. The highest BCUT2D eigenvalue weighted by molar-refractivity contribution is 5.93. The van der Waals surface area contributed by atoms with Gasteiger partial charge in [-0.2, -0.15) is 0 Å². The van der Waals surface area contributed by atoms with E-state index in [-0.39, 0.29) is 19.1 Å². The number of hydrogen-bond acceptors (Lipinski definition) is 5. The number of hydrogen-bond donors (Lipinski definition) is 2. The van der Waals surface area contributed by atoms with Crippen molar-refractivity contribution in [2.45, 2.75) is 6.42 Å². The van der Waals surface area contributed by atoms with Gasteiger partial charge in [0.1, 0.15) is 0 Å². The molecule has 6 nitrogen and oxygen atoms in total. The molecule has 0 bridgehead atoms. The molecule has 21 heavy (non-hydrogen) atoms. The lowest BCUT2D eigenvalue weighted by Gasteiger charge is -2.16. The van der Waals surface area contributed by atoms with Crippen molar-refractivity contribution in [1.29, 1.82) is 0 Å². The molecule has 110 valence electrons. The van der Waals surface area contributed by atoms with Crippen molar-refractivity contribution in [2.75, 3.05) is 30.4 Å². The quantitative estimate of drug-likeness (QED) is 0.831. The van der Waals surface area contributed by atoms with Gasteiger partial charge in [-0.3, -0.25) is 4.79 Å². The summed E-state index contributed by atoms with van der Waals surface area (Å²) in [5.74, 6) is 0.366. The first-order chi connectivity index (χ1) is 10.2. The summed E-state index contributed by atoms with van der Waals surface area (Å²) in [7, 11) is 1.76. The summed E-state index contributed by atoms with van der Waals surface area (Å²) in [6, 6.07) is 9.14. The van der Waals surface area contributed by atoms with Crippen LogP contribution in [0.15, 0.2) is 42.7 Å². The second-order valence-corrected chi connectivity index (χ2v) is 4.62. The number of carbonyl (C=O) groups is 1. The number of aliphatic hydroxyl groups excluding tert-OH is 1. The summed E-state index contributed by atoms with van der Waals surface area (Å²) in [5.41, 5.74) is 1.76. The van der Waals surface area contributed by atoms with Crippen molar-refractivity contribution in [3.8, 4) is 0 Å². The second-order valence-electron chi connectivity index (χ2n) is 4.62. The summed E-state index contributed by atoms with van der Waals surface area (Å²) < 4.78 is 0. The maximum absolute atomic E-state index is 12.0. The van der Waals surface area contributed by atoms with E-state index in [1.807, 2.05) is 24.3 Å². The number of anilines is 2. The number of benzene rings is 1. The predicted molar refractivity (Wildman–Crippen MR) is 81.2 cm³/mol. The molecule has 0 aliphatic heterocycles. The molecule has 0 saturated heterocycles. The maximum atomic E-state index is 12.0. The van der Waals surface area contributed by atoms with Gasteiger partial charge in [-0.1, -0.05) is 12.1 Å². The number of aromatic nitrogens is 2. The number of amides is 1. The van der Waals surface area contributed by atoms with Gasteiger partial charge in [0, 0.05) is 31.7 Å². The van der Waals surface area contributed by atoms with Crippen LogP contribution in [0.2, 0.25) is 0 Å². The predicted octanol–water partition coefficient (Wildman–Crippen LogP) is 1.09. The van der Waals surface area contributed by atoms with Crippen molar-refractivity contribution in [3.05, 3.63) is 48.3 Å². The van der Waals surface area contributed by atoms with E-state index in [4.69, 9.17) is 5.11 Å². The Kier molecular flexibility index (Phi) is 5.22. The summed E-state index contributed by atoms with van der Waals surface area (Å²) in [4.78, 5) is 21.8. The minimum atomic E-state index is -0.139. The Bertz CT molecular complexity index is 572. The first kappa shape index (κ1) is 14.9. The van der Waals surface area contributed by atoms with Gasteiger partial charge in [0.25, 0.3) is 0 Å². The summed E-state index contributed by atoms with van der Waals surface area (Å²) >= 11 is 0. The average Bonchev–Trinajstić information content (AvgIpc) is 2.50. The largest absolute Gasteiger partial charge is 0.396 e. The van der Waals surface area contributed by atoms with Crippen LogP contribution in [-0.4, -0.2) is 41.2 Å². The molecular formula is C15H18N4O2. The highest BCUT2D eigenvalue weighted by atomic mass is 16.3. The molecule has 6 heteroatoms. The molecular weight excluding hydrogens is 268 g/mol. The smallest absolute Gasteiger partial charge is 0.243 e. The molecule has 0 unspecified atom stereocenters. The molecule has 0 radical (unpaired) electrons. The molecule has 1 heterocycles. The summed E-state index contributed by atoms with van der Waals surface area (Å²) in [6.45, 7) is 0.288. The molecule has 0 aliphatic rings. The molecule has 1 amide bonds. The van der Waals surface area contributed by atoms with Crippen LogP contribution >= 0.6 is 0 Å². The Labute approximate surface area is 123 Å². The lowest BCUT2D eigenvalue weighted by molar-refractivity contribution is -0.114. The standard InChI is InChI=1S/C15H18N4O2/c1-19(15-16-8-2-9-17-15)11-14(21)18-13-5-3-12(4-6-13)7-10-20/h2-6,8-9,20H,7,10-11H2,1H3,(H,18,21). The highest BCUT2D eigenvalue weighted by Crippen LogP contribution is 2.10.